The van der Waals surface area contributed by atoms with Crippen molar-refractivity contribution in [1.29, 1.82) is 0 Å². The summed E-state index contributed by atoms with van der Waals surface area (Å²) in [5.74, 6) is 1.41. The summed E-state index contributed by atoms with van der Waals surface area (Å²) < 4.78 is 1.79. The molecule has 1 aromatic carbocycles. The van der Waals surface area contributed by atoms with E-state index in [0.29, 0.717) is 0 Å². The molecule has 0 bridgehead atoms. The molecule has 0 unspecified atom stereocenters. The first-order valence-electron chi connectivity index (χ1n) is 6.09. The lowest BCUT2D eigenvalue weighted by Gasteiger charge is -2.03. The van der Waals surface area contributed by atoms with Crippen LogP contribution in [0, 0.1) is 6.92 Å². The summed E-state index contributed by atoms with van der Waals surface area (Å²) in [6.07, 6.45) is 0. The van der Waals surface area contributed by atoms with Gasteiger partial charge in [-0.2, -0.15) is 9.61 Å². The van der Waals surface area contributed by atoms with Gasteiger partial charge in [-0.15, -0.1) is 10.2 Å². The first-order valence-corrected chi connectivity index (χ1v) is 6.90. The highest BCUT2D eigenvalue weighted by molar-refractivity contribution is 7.19. The van der Waals surface area contributed by atoms with Crippen molar-refractivity contribution in [2.75, 3.05) is 0 Å². The summed E-state index contributed by atoms with van der Waals surface area (Å²) in [6.45, 7) is 6.01. The van der Waals surface area contributed by atoms with Crippen LogP contribution >= 0.6 is 11.3 Å². The lowest BCUT2D eigenvalue weighted by Crippen LogP contribution is -1.98. The second kappa shape index (κ2) is 4.31. The lowest BCUT2D eigenvalue weighted by atomic mass is 10.1. The molecule has 3 aromatic rings. The molecular formula is C13H14N4OS. The number of benzene rings is 1. The average Bonchev–Trinajstić information content (AvgIpc) is 2.91. The fourth-order valence-corrected chi connectivity index (χ4v) is 2.89. The van der Waals surface area contributed by atoms with E-state index in [2.05, 4.69) is 29.1 Å². The van der Waals surface area contributed by atoms with E-state index < -0.39 is 0 Å². The topological polar surface area (TPSA) is 63.3 Å². The van der Waals surface area contributed by atoms with Gasteiger partial charge in [0, 0.05) is 17.0 Å². The smallest absolute Gasteiger partial charge is 0.234 e. The number of fused-ring (bicyclic) bond motifs is 1. The zero-order valence-electron chi connectivity index (χ0n) is 11.0. The highest BCUT2D eigenvalue weighted by atomic mass is 32.1. The third kappa shape index (κ3) is 1.88. The molecule has 0 amide bonds. The molecule has 2 aromatic heterocycles. The van der Waals surface area contributed by atoms with Crippen LogP contribution in [0.15, 0.2) is 18.2 Å². The predicted molar refractivity (Wildman–Crippen MR) is 74.6 cm³/mol. The maximum Gasteiger partial charge on any atom is 0.234 e. The van der Waals surface area contributed by atoms with Crippen LogP contribution in [-0.2, 0) is 0 Å². The van der Waals surface area contributed by atoms with Crippen molar-refractivity contribution in [1.82, 2.24) is 19.8 Å². The van der Waals surface area contributed by atoms with Crippen LogP contribution < -0.4 is 0 Å². The van der Waals surface area contributed by atoms with E-state index >= 15 is 0 Å². The number of rotatable bonds is 2. The Kier molecular flexibility index (Phi) is 2.74. The summed E-state index contributed by atoms with van der Waals surface area (Å²) in [6, 6.07) is 5.46. The molecule has 1 N–H and O–H groups in total. The van der Waals surface area contributed by atoms with Gasteiger partial charge in [0.05, 0.1) is 0 Å². The standard InChI is InChI=1S/C13H14N4OS/c1-7(2)11-14-15-13-17(11)16-12(19-13)9-5-4-6-10(18)8(9)3/h4-7,18H,1-3H3. The van der Waals surface area contributed by atoms with E-state index in [1.54, 1.807) is 10.6 Å². The molecule has 0 aliphatic carbocycles. The minimum absolute atomic E-state index is 0.273. The normalized spacial score (nSPS) is 11.6. The van der Waals surface area contributed by atoms with Crippen LogP contribution in [0.3, 0.4) is 0 Å². The number of hydrogen-bond acceptors (Lipinski definition) is 5. The molecule has 2 heterocycles. The first kappa shape index (κ1) is 12.1. The SMILES string of the molecule is Cc1c(O)cccc1-c1nn2c(C(C)C)nnc2s1. The Hall–Kier alpha value is -1.95. The molecule has 0 spiro atoms. The summed E-state index contributed by atoms with van der Waals surface area (Å²) in [4.78, 5) is 0.779. The van der Waals surface area contributed by atoms with Gasteiger partial charge in [0.25, 0.3) is 0 Å². The number of hydrogen-bond donors (Lipinski definition) is 1. The first-order chi connectivity index (χ1) is 9.08. The van der Waals surface area contributed by atoms with Gasteiger partial charge in [0.1, 0.15) is 10.8 Å². The maximum absolute atomic E-state index is 9.77. The fourth-order valence-electron chi connectivity index (χ4n) is 1.96. The minimum Gasteiger partial charge on any atom is -0.508 e. The molecule has 0 atom stereocenters. The number of nitrogens with zero attached hydrogens (tertiary/aromatic N) is 4. The van der Waals surface area contributed by atoms with E-state index in [9.17, 15) is 5.11 Å². The van der Waals surface area contributed by atoms with Crippen LogP contribution in [0.2, 0.25) is 0 Å². The van der Waals surface area contributed by atoms with Gasteiger partial charge in [-0.25, -0.2) is 0 Å². The third-order valence-electron chi connectivity index (χ3n) is 3.07. The Bertz CT molecular complexity index is 744. The molecule has 0 saturated heterocycles. The van der Waals surface area contributed by atoms with Crippen LogP contribution in [-0.4, -0.2) is 24.9 Å². The summed E-state index contributed by atoms with van der Waals surface area (Å²) in [5.41, 5.74) is 1.77. The summed E-state index contributed by atoms with van der Waals surface area (Å²) in [5, 5.41) is 23.5. The van der Waals surface area contributed by atoms with Crippen LogP contribution in [0.1, 0.15) is 31.2 Å². The van der Waals surface area contributed by atoms with E-state index in [0.717, 1.165) is 26.9 Å². The van der Waals surface area contributed by atoms with Crippen molar-refractivity contribution >= 4 is 16.3 Å². The zero-order chi connectivity index (χ0) is 13.6. The van der Waals surface area contributed by atoms with Gasteiger partial charge in [0.15, 0.2) is 5.82 Å². The van der Waals surface area contributed by atoms with Gasteiger partial charge in [0.2, 0.25) is 4.96 Å². The average molecular weight is 274 g/mol. The fraction of sp³-hybridized carbons (Fsp3) is 0.308. The van der Waals surface area contributed by atoms with Gasteiger partial charge in [-0.1, -0.05) is 37.3 Å². The van der Waals surface area contributed by atoms with Gasteiger partial charge >= 0.3 is 0 Å². The second-order valence-corrected chi connectivity index (χ2v) is 5.72. The lowest BCUT2D eigenvalue weighted by molar-refractivity contribution is 0.471. The Balaban J connectivity index is 2.18. The highest BCUT2D eigenvalue weighted by Gasteiger charge is 2.16. The third-order valence-corrected chi connectivity index (χ3v) is 4.00. The van der Waals surface area contributed by atoms with Crippen molar-refractivity contribution in [3.8, 4) is 16.3 Å². The van der Waals surface area contributed by atoms with Crippen molar-refractivity contribution in [2.24, 2.45) is 0 Å². The van der Waals surface area contributed by atoms with Crippen LogP contribution in [0.4, 0.5) is 0 Å². The number of aromatic nitrogens is 4. The molecule has 0 aliphatic heterocycles. The second-order valence-electron chi connectivity index (χ2n) is 4.76. The van der Waals surface area contributed by atoms with Crippen LogP contribution in [0.5, 0.6) is 5.75 Å². The van der Waals surface area contributed by atoms with Crippen molar-refractivity contribution in [3.05, 3.63) is 29.6 Å². The van der Waals surface area contributed by atoms with Gasteiger partial charge in [-0.3, -0.25) is 0 Å². The quantitative estimate of drug-likeness (QED) is 0.780. The van der Waals surface area contributed by atoms with Crippen molar-refractivity contribution in [2.45, 2.75) is 26.7 Å². The molecule has 0 aliphatic rings. The largest absolute Gasteiger partial charge is 0.508 e. The molecular weight excluding hydrogens is 260 g/mol. The summed E-state index contributed by atoms with van der Waals surface area (Å²) in [7, 11) is 0. The minimum atomic E-state index is 0.273. The molecule has 0 radical (unpaired) electrons. The monoisotopic (exact) mass is 274 g/mol. The Morgan fingerprint density at radius 3 is 2.79 bits per heavy atom. The zero-order valence-corrected chi connectivity index (χ0v) is 11.8. The molecule has 19 heavy (non-hydrogen) atoms. The van der Waals surface area contributed by atoms with E-state index in [-0.39, 0.29) is 11.7 Å². The number of phenolic OH excluding ortho intramolecular Hbond substituents is 1. The Morgan fingerprint density at radius 1 is 1.26 bits per heavy atom. The maximum atomic E-state index is 9.77. The van der Waals surface area contributed by atoms with E-state index in [1.807, 2.05) is 19.1 Å². The molecule has 6 heteroatoms. The molecule has 0 fully saturated rings. The van der Waals surface area contributed by atoms with E-state index in [4.69, 9.17) is 0 Å². The summed E-state index contributed by atoms with van der Waals surface area (Å²) >= 11 is 1.48. The van der Waals surface area contributed by atoms with Crippen molar-refractivity contribution < 1.29 is 5.11 Å². The Morgan fingerprint density at radius 2 is 2.05 bits per heavy atom. The number of aromatic hydroxyl groups is 1. The van der Waals surface area contributed by atoms with Gasteiger partial charge < -0.3 is 5.11 Å². The molecule has 0 saturated carbocycles. The highest BCUT2D eigenvalue weighted by Crippen LogP contribution is 2.32. The number of phenols is 1. The van der Waals surface area contributed by atoms with Gasteiger partial charge in [-0.05, 0) is 13.0 Å². The Labute approximate surface area is 114 Å². The molecule has 5 nitrogen and oxygen atoms in total. The van der Waals surface area contributed by atoms with E-state index in [1.165, 1.54) is 11.3 Å². The molecule has 3 rings (SSSR count). The van der Waals surface area contributed by atoms with Crippen molar-refractivity contribution in [3.63, 3.8) is 0 Å². The molecule has 98 valence electrons. The van der Waals surface area contributed by atoms with Crippen LogP contribution in [0.25, 0.3) is 15.5 Å². The predicted octanol–water partition coefficient (Wildman–Crippen LogP) is 2.99.